The number of ether oxygens (including phenoxy) is 1. The molecule has 0 atom stereocenters. The van der Waals surface area contributed by atoms with E-state index in [-0.39, 0.29) is 11.9 Å². The van der Waals surface area contributed by atoms with Gasteiger partial charge in [-0.25, -0.2) is 9.67 Å². The molecule has 0 radical (unpaired) electrons. The van der Waals surface area contributed by atoms with Crippen LogP contribution in [0.4, 0.5) is 5.82 Å². The summed E-state index contributed by atoms with van der Waals surface area (Å²) in [6.45, 7) is 5.77. The Morgan fingerprint density at radius 3 is 2.45 bits per heavy atom. The molecule has 29 heavy (non-hydrogen) atoms. The number of carbonyl (C=O) groups is 2. The zero-order chi connectivity index (χ0) is 21.0. The van der Waals surface area contributed by atoms with E-state index in [9.17, 15) is 9.59 Å². The van der Waals surface area contributed by atoms with Gasteiger partial charge in [-0.15, -0.1) is 0 Å². The number of amides is 1. The summed E-state index contributed by atoms with van der Waals surface area (Å²) in [6.07, 6.45) is 0.893. The number of carbonyl (C=O) groups excluding carboxylic acids is 2. The van der Waals surface area contributed by atoms with Crippen molar-refractivity contribution in [1.29, 1.82) is 0 Å². The number of nitrogens with one attached hydrogen (secondary N) is 1. The van der Waals surface area contributed by atoms with Crippen LogP contribution >= 0.6 is 0 Å². The van der Waals surface area contributed by atoms with Crippen LogP contribution in [-0.2, 0) is 16.0 Å². The second-order valence-electron chi connectivity index (χ2n) is 6.80. The van der Waals surface area contributed by atoms with E-state index in [0.29, 0.717) is 24.2 Å². The number of benzene rings is 1. The molecular formula is C22H24N4O3. The van der Waals surface area contributed by atoms with E-state index < -0.39 is 0 Å². The largest absolute Gasteiger partial charge is 0.469 e. The fourth-order valence-corrected chi connectivity index (χ4v) is 3.17. The SMILES string of the molecule is COC(=O)CCc1c(C)nn(-c2ccc(C(=O)Nc3cccc(C)n3)cc2)c1C. The monoisotopic (exact) mass is 392 g/mol. The van der Waals surface area contributed by atoms with Gasteiger partial charge in [0.1, 0.15) is 5.82 Å². The van der Waals surface area contributed by atoms with Crippen molar-refractivity contribution in [3.05, 3.63) is 70.7 Å². The van der Waals surface area contributed by atoms with Crippen LogP contribution < -0.4 is 5.32 Å². The Labute approximate surface area is 169 Å². The van der Waals surface area contributed by atoms with Gasteiger partial charge in [0.05, 0.1) is 18.5 Å². The normalized spacial score (nSPS) is 10.6. The summed E-state index contributed by atoms with van der Waals surface area (Å²) in [5, 5.41) is 7.39. The predicted molar refractivity (Wildman–Crippen MR) is 110 cm³/mol. The number of methoxy groups -OCH3 is 1. The first kappa shape index (κ1) is 20.3. The van der Waals surface area contributed by atoms with E-state index in [1.165, 1.54) is 7.11 Å². The maximum Gasteiger partial charge on any atom is 0.305 e. The Bertz CT molecular complexity index is 1040. The first-order valence-corrected chi connectivity index (χ1v) is 9.36. The average Bonchev–Trinajstić information content (AvgIpc) is 2.99. The van der Waals surface area contributed by atoms with Gasteiger partial charge in [0, 0.05) is 23.4 Å². The molecule has 0 aliphatic carbocycles. The number of aryl methyl sites for hydroxylation is 2. The molecule has 0 spiro atoms. The molecule has 7 heteroatoms. The quantitative estimate of drug-likeness (QED) is 0.649. The molecule has 1 N–H and O–H groups in total. The van der Waals surface area contributed by atoms with Gasteiger partial charge in [-0.05, 0) is 69.2 Å². The van der Waals surface area contributed by atoms with Gasteiger partial charge in [-0.2, -0.15) is 5.10 Å². The van der Waals surface area contributed by atoms with E-state index in [4.69, 9.17) is 4.74 Å². The Hall–Kier alpha value is -3.48. The highest BCUT2D eigenvalue weighted by Crippen LogP contribution is 2.20. The molecule has 0 unspecified atom stereocenters. The van der Waals surface area contributed by atoms with Gasteiger partial charge in [-0.3, -0.25) is 9.59 Å². The number of hydrogen-bond acceptors (Lipinski definition) is 5. The van der Waals surface area contributed by atoms with Crippen molar-refractivity contribution in [2.24, 2.45) is 0 Å². The third kappa shape index (κ3) is 4.68. The van der Waals surface area contributed by atoms with Crippen LogP contribution in [0.25, 0.3) is 5.69 Å². The van der Waals surface area contributed by atoms with Gasteiger partial charge in [0.15, 0.2) is 0 Å². The van der Waals surface area contributed by atoms with Crippen molar-refractivity contribution >= 4 is 17.7 Å². The summed E-state index contributed by atoms with van der Waals surface area (Å²) in [4.78, 5) is 28.2. The van der Waals surface area contributed by atoms with Gasteiger partial charge in [0.25, 0.3) is 5.91 Å². The number of pyridine rings is 1. The maximum absolute atomic E-state index is 12.5. The lowest BCUT2D eigenvalue weighted by Crippen LogP contribution is -2.13. The lowest BCUT2D eigenvalue weighted by molar-refractivity contribution is -0.140. The van der Waals surface area contributed by atoms with Crippen molar-refractivity contribution < 1.29 is 14.3 Å². The van der Waals surface area contributed by atoms with E-state index in [1.807, 2.05) is 49.7 Å². The summed E-state index contributed by atoms with van der Waals surface area (Å²) in [5.41, 5.74) is 5.09. The van der Waals surface area contributed by atoms with Crippen LogP contribution in [0.3, 0.4) is 0 Å². The van der Waals surface area contributed by atoms with Crippen LogP contribution in [0.5, 0.6) is 0 Å². The van der Waals surface area contributed by atoms with E-state index in [0.717, 1.165) is 28.3 Å². The van der Waals surface area contributed by atoms with Crippen LogP contribution in [0.15, 0.2) is 42.5 Å². The summed E-state index contributed by atoms with van der Waals surface area (Å²) >= 11 is 0. The maximum atomic E-state index is 12.5. The third-order valence-corrected chi connectivity index (χ3v) is 4.75. The molecule has 2 heterocycles. The fraction of sp³-hybridized carbons (Fsp3) is 0.273. The zero-order valence-corrected chi connectivity index (χ0v) is 17.0. The van der Waals surface area contributed by atoms with E-state index in [1.54, 1.807) is 18.2 Å². The number of esters is 1. The minimum atomic E-state index is -0.241. The highest BCUT2D eigenvalue weighted by Gasteiger charge is 2.15. The first-order chi connectivity index (χ1) is 13.9. The van der Waals surface area contributed by atoms with Crippen molar-refractivity contribution in [3.8, 4) is 5.69 Å². The van der Waals surface area contributed by atoms with E-state index in [2.05, 4.69) is 15.4 Å². The summed E-state index contributed by atoms with van der Waals surface area (Å²) in [5.74, 6) is 0.0599. The van der Waals surface area contributed by atoms with Crippen molar-refractivity contribution in [2.45, 2.75) is 33.6 Å². The minimum Gasteiger partial charge on any atom is -0.469 e. The molecule has 7 nitrogen and oxygen atoms in total. The lowest BCUT2D eigenvalue weighted by atomic mass is 10.1. The molecule has 0 aliphatic heterocycles. The van der Waals surface area contributed by atoms with Gasteiger partial charge in [-0.1, -0.05) is 6.07 Å². The van der Waals surface area contributed by atoms with Gasteiger partial charge in [0.2, 0.25) is 0 Å². The Morgan fingerprint density at radius 2 is 1.79 bits per heavy atom. The molecule has 3 aromatic rings. The molecule has 2 aromatic heterocycles. The third-order valence-electron chi connectivity index (χ3n) is 4.75. The topological polar surface area (TPSA) is 86.1 Å². The minimum absolute atomic E-state index is 0.221. The number of hydrogen-bond donors (Lipinski definition) is 1. The average molecular weight is 392 g/mol. The molecule has 0 bridgehead atoms. The Balaban J connectivity index is 1.76. The molecule has 150 valence electrons. The van der Waals surface area contributed by atoms with E-state index >= 15 is 0 Å². The summed E-state index contributed by atoms with van der Waals surface area (Å²) in [7, 11) is 1.39. The van der Waals surface area contributed by atoms with Gasteiger partial charge < -0.3 is 10.1 Å². The number of nitrogens with zero attached hydrogens (tertiary/aromatic N) is 3. The van der Waals surface area contributed by atoms with Gasteiger partial charge >= 0.3 is 5.97 Å². The second kappa shape index (κ2) is 8.68. The second-order valence-corrected chi connectivity index (χ2v) is 6.80. The molecule has 1 aromatic carbocycles. The summed E-state index contributed by atoms with van der Waals surface area (Å²) in [6, 6.07) is 12.7. The van der Waals surface area contributed by atoms with Crippen LogP contribution in [-0.4, -0.2) is 33.8 Å². The summed E-state index contributed by atoms with van der Waals surface area (Å²) < 4.78 is 6.54. The molecule has 0 saturated carbocycles. The number of aromatic nitrogens is 3. The molecule has 0 fully saturated rings. The standard InChI is InChI=1S/C22H24N4O3/c1-14-6-5-7-20(23-14)24-22(28)17-8-10-18(11-9-17)26-16(3)19(15(2)25-26)12-13-21(27)29-4/h5-11H,12-13H2,1-4H3,(H,23,24,28). The van der Waals surface area contributed by atoms with Crippen LogP contribution in [0.1, 0.15) is 39.4 Å². The lowest BCUT2D eigenvalue weighted by Gasteiger charge is -2.08. The van der Waals surface area contributed by atoms with Crippen molar-refractivity contribution in [3.63, 3.8) is 0 Å². The molecule has 3 rings (SSSR count). The van der Waals surface area contributed by atoms with Crippen molar-refractivity contribution in [1.82, 2.24) is 14.8 Å². The molecule has 1 amide bonds. The van der Waals surface area contributed by atoms with Crippen LogP contribution in [0.2, 0.25) is 0 Å². The van der Waals surface area contributed by atoms with Crippen molar-refractivity contribution in [2.75, 3.05) is 12.4 Å². The predicted octanol–water partition coefficient (Wildman–Crippen LogP) is 3.55. The smallest absolute Gasteiger partial charge is 0.305 e. The Kier molecular flexibility index (Phi) is 6.07. The molecular weight excluding hydrogens is 368 g/mol. The fourth-order valence-electron chi connectivity index (χ4n) is 3.17. The zero-order valence-electron chi connectivity index (χ0n) is 17.0. The highest BCUT2D eigenvalue weighted by atomic mass is 16.5. The number of anilines is 1. The highest BCUT2D eigenvalue weighted by molar-refractivity contribution is 6.03. The van der Waals surface area contributed by atoms with Crippen LogP contribution in [0, 0.1) is 20.8 Å². The molecule has 0 aliphatic rings. The Morgan fingerprint density at radius 1 is 1.07 bits per heavy atom. The first-order valence-electron chi connectivity index (χ1n) is 9.36. The molecule has 0 saturated heterocycles. The number of rotatable bonds is 6.